The second-order valence-electron chi connectivity index (χ2n) is 7.17. The molecule has 0 bridgehead atoms. The van der Waals surface area contributed by atoms with Gasteiger partial charge in [-0.15, -0.1) is 0 Å². The summed E-state index contributed by atoms with van der Waals surface area (Å²) in [6.45, 7) is 5.66. The van der Waals surface area contributed by atoms with Crippen LogP contribution < -0.4 is 0 Å². The van der Waals surface area contributed by atoms with Crippen LogP contribution in [0.3, 0.4) is 0 Å². The van der Waals surface area contributed by atoms with E-state index in [0.29, 0.717) is 11.8 Å². The van der Waals surface area contributed by atoms with Gasteiger partial charge in [0.15, 0.2) is 5.82 Å². The van der Waals surface area contributed by atoms with E-state index in [1.165, 1.54) is 18.4 Å². The molecule has 2 aromatic rings. The molecule has 126 valence electrons. The zero-order valence-corrected chi connectivity index (χ0v) is 14.4. The third kappa shape index (κ3) is 2.83. The van der Waals surface area contributed by atoms with Gasteiger partial charge in [-0.3, -0.25) is 9.89 Å². The number of nitrogens with one attached hydrogen (secondary N) is 1. The van der Waals surface area contributed by atoms with Crippen molar-refractivity contribution in [1.29, 1.82) is 0 Å². The summed E-state index contributed by atoms with van der Waals surface area (Å²) >= 11 is 0. The lowest BCUT2D eigenvalue weighted by Crippen LogP contribution is -2.38. The van der Waals surface area contributed by atoms with Crippen molar-refractivity contribution >= 4 is 5.91 Å². The Morgan fingerprint density at radius 1 is 1.12 bits per heavy atom. The Bertz CT molecular complexity index is 754. The first-order valence-corrected chi connectivity index (χ1v) is 8.91. The van der Waals surface area contributed by atoms with Crippen molar-refractivity contribution in [2.75, 3.05) is 13.1 Å². The molecule has 1 aromatic carbocycles. The van der Waals surface area contributed by atoms with Gasteiger partial charge < -0.3 is 4.90 Å². The fourth-order valence-corrected chi connectivity index (χ4v) is 3.50. The third-order valence-electron chi connectivity index (χ3n) is 5.47. The van der Waals surface area contributed by atoms with Crippen LogP contribution in [-0.2, 0) is 0 Å². The molecule has 24 heavy (non-hydrogen) atoms. The van der Waals surface area contributed by atoms with Gasteiger partial charge in [0.2, 0.25) is 0 Å². The van der Waals surface area contributed by atoms with Gasteiger partial charge >= 0.3 is 0 Å². The van der Waals surface area contributed by atoms with E-state index in [0.717, 1.165) is 48.7 Å². The second kappa shape index (κ2) is 6.04. The van der Waals surface area contributed by atoms with Crippen molar-refractivity contribution in [2.45, 2.75) is 51.4 Å². The van der Waals surface area contributed by atoms with Crippen molar-refractivity contribution in [3.63, 3.8) is 0 Å². The summed E-state index contributed by atoms with van der Waals surface area (Å²) in [6, 6.07) is 5.96. The number of H-pyrrole nitrogens is 1. The zero-order chi connectivity index (χ0) is 16.7. The van der Waals surface area contributed by atoms with Crippen LogP contribution in [0.4, 0.5) is 0 Å². The fraction of sp³-hybridized carbons (Fsp3) is 0.526. The van der Waals surface area contributed by atoms with E-state index in [4.69, 9.17) is 0 Å². The highest BCUT2D eigenvalue weighted by Crippen LogP contribution is 2.38. The van der Waals surface area contributed by atoms with Gasteiger partial charge in [0, 0.05) is 30.5 Å². The maximum Gasteiger partial charge on any atom is 0.254 e. The molecule has 5 nitrogen and oxygen atoms in total. The molecule has 1 amide bonds. The van der Waals surface area contributed by atoms with Crippen molar-refractivity contribution in [1.82, 2.24) is 20.1 Å². The van der Waals surface area contributed by atoms with E-state index in [9.17, 15) is 4.79 Å². The smallest absolute Gasteiger partial charge is 0.254 e. The summed E-state index contributed by atoms with van der Waals surface area (Å²) in [5.41, 5.74) is 3.10. The Morgan fingerprint density at radius 3 is 2.58 bits per heavy atom. The van der Waals surface area contributed by atoms with E-state index in [2.05, 4.69) is 28.2 Å². The van der Waals surface area contributed by atoms with Gasteiger partial charge in [-0.1, -0.05) is 12.1 Å². The number of rotatable bonds is 3. The number of aromatic amines is 1. The number of amides is 1. The van der Waals surface area contributed by atoms with Crippen LogP contribution >= 0.6 is 0 Å². The Morgan fingerprint density at radius 2 is 1.88 bits per heavy atom. The van der Waals surface area contributed by atoms with E-state index in [1.807, 2.05) is 24.0 Å². The van der Waals surface area contributed by atoms with Crippen LogP contribution in [-0.4, -0.2) is 39.1 Å². The monoisotopic (exact) mass is 324 g/mol. The number of aryl methyl sites for hydroxylation is 1. The maximum absolute atomic E-state index is 12.8. The number of hydrogen-bond acceptors (Lipinski definition) is 3. The molecule has 1 N–H and O–H groups in total. The lowest BCUT2D eigenvalue weighted by Gasteiger charge is -2.31. The third-order valence-corrected chi connectivity index (χ3v) is 5.47. The number of nitrogens with zero attached hydrogens (tertiary/aromatic N) is 3. The molecule has 2 fully saturated rings. The van der Waals surface area contributed by atoms with Crippen LogP contribution in [0.1, 0.15) is 70.7 Å². The van der Waals surface area contributed by atoms with Crippen molar-refractivity contribution in [3.8, 4) is 0 Å². The summed E-state index contributed by atoms with van der Waals surface area (Å²) in [4.78, 5) is 19.5. The van der Waals surface area contributed by atoms with Gasteiger partial charge in [0.05, 0.1) is 0 Å². The predicted molar refractivity (Wildman–Crippen MR) is 92.2 cm³/mol. The van der Waals surface area contributed by atoms with Crippen LogP contribution in [0.15, 0.2) is 18.2 Å². The molecule has 1 aromatic heterocycles. The highest BCUT2D eigenvalue weighted by atomic mass is 16.2. The summed E-state index contributed by atoms with van der Waals surface area (Å²) in [5.74, 6) is 3.13. The minimum Gasteiger partial charge on any atom is -0.339 e. The molecule has 1 saturated carbocycles. The molecule has 0 unspecified atom stereocenters. The molecule has 2 aliphatic rings. The first-order chi connectivity index (χ1) is 11.6. The molecule has 1 aliphatic heterocycles. The summed E-state index contributed by atoms with van der Waals surface area (Å²) in [6.07, 6.45) is 4.35. The average molecular weight is 324 g/mol. The Labute approximate surface area is 142 Å². The van der Waals surface area contributed by atoms with Crippen molar-refractivity contribution in [3.05, 3.63) is 46.5 Å². The quantitative estimate of drug-likeness (QED) is 0.942. The minimum absolute atomic E-state index is 0.158. The predicted octanol–water partition coefficient (Wildman–Crippen LogP) is 3.32. The molecule has 0 atom stereocenters. The number of hydrogen-bond donors (Lipinski definition) is 1. The first kappa shape index (κ1) is 15.4. The van der Waals surface area contributed by atoms with Crippen LogP contribution in [0.2, 0.25) is 0 Å². The minimum atomic E-state index is 0.158. The van der Waals surface area contributed by atoms with Gasteiger partial charge in [0.25, 0.3) is 5.91 Å². The number of likely N-dealkylation sites (tertiary alicyclic amines) is 1. The average Bonchev–Trinajstić information content (AvgIpc) is 3.34. The van der Waals surface area contributed by atoms with E-state index in [-0.39, 0.29) is 5.91 Å². The molecule has 0 spiro atoms. The highest BCUT2D eigenvalue weighted by Gasteiger charge is 2.31. The molecule has 0 radical (unpaired) electrons. The summed E-state index contributed by atoms with van der Waals surface area (Å²) < 4.78 is 0. The Balaban J connectivity index is 1.41. The van der Waals surface area contributed by atoms with E-state index >= 15 is 0 Å². The maximum atomic E-state index is 12.8. The molecular weight excluding hydrogens is 300 g/mol. The van der Waals surface area contributed by atoms with Crippen LogP contribution in [0.25, 0.3) is 0 Å². The molecule has 1 aliphatic carbocycles. The number of carbonyl (C=O) groups is 1. The van der Waals surface area contributed by atoms with Crippen LogP contribution in [0, 0.1) is 13.8 Å². The van der Waals surface area contributed by atoms with E-state index < -0.39 is 0 Å². The van der Waals surface area contributed by atoms with Gasteiger partial charge in [-0.05, 0) is 56.7 Å². The number of carbonyl (C=O) groups excluding carboxylic acids is 1. The van der Waals surface area contributed by atoms with Crippen LogP contribution in [0.5, 0.6) is 0 Å². The fourth-order valence-electron chi connectivity index (χ4n) is 3.50. The number of aromatic nitrogens is 3. The molecule has 5 heteroatoms. The number of piperidine rings is 1. The zero-order valence-electron chi connectivity index (χ0n) is 14.4. The Kier molecular flexibility index (Phi) is 3.87. The standard InChI is InChI=1S/C19H24N4O/c1-12-4-3-5-16(13(12)2)19(24)23-10-8-15(9-11-23)18-20-17(21-22-18)14-6-7-14/h3-5,14-15H,6-11H2,1-2H3,(H,20,21,22). The highest BCUT2D eigenvalue weighted by molar-refractivity contribution is 5.96. The van der Waals surface area contributed by atoms with E-state index in [1.54, 1.807) is 0 Å². The topological polar surface area (TPSA) is 61.9 Å². The number of benzene rings is 1. The normalized spacial score (nSPS) is 18.8. The molecule has 2 heterocycles. The summed E-state index contributed by atoms with van der Waals surface area (Å²) in [5, 5.41) is 7.48. The lowest BCUT2D eigenvalue weighted by atomic mass is 9.95. The van der Waals surface area contributed by atoms with Gasteiger partial charge in [0.1, 0.15) is 5.82 Å². The molecular formula is C19H24N4O. The van der Waals surface area contributed by atoms with Crippen molar-refractivity contribution in [2.24, 2.45) is 0 Å². The SMILES string of the molecule is Cc1cccc(C(=O)N2CCC(c3nc(C4CC4)n[nH]3)CC2)c1C. The second-order valence-corrected chi connectivity index (χ2v) is 7.17. The first-order valence-electron chi connectivity index (χ1n) is 8.91. The molecule has 1 saturated heterocycles. The van der Waals surface area contributed by atoms with Gasteiger partial charge in [-0.25, -0.2) is 4.98 Å². The Hall–Kier alpha value is -2.17. The summed E-state index contributed by atoms with van der Waals surface area (Å²) in [7, 11) is 0. The van der Waals surface area contributed by atoms with Gasteiger partial charge in [-0.2, -0.15) is 5.10 Å². The lowest BCUT2D eigenvalue weighted by molar-refractivity contribution is 0.0710. The largest absolute Gasteiger partial charge is 0.339 e. The van der Waals surface area contributed by atoms with Crippen molar-refractivity contribution < 1.29 is 4.79 Å². The molecule has 4 rings (SSSR count).